The Hall–Kier alpha value is -1.19. The van der Waals surface area contributed by atoms with Crippen molar-refractivity contribution in [2.75, 3.05) is 19.7 Å². The predicted molar refractivity (Wildman–Crippen MR) is 63.0 cm³/mol. The Morgan fingerprint density at radius 1 is 1.30 bits per heavy atom. The summed E-state index contributed by atoms with van der Waals surface area (Å²) < 4.78 is 74.6. The molecule has 0 aliphatic rings. The van der Waals surface area contributed by atoms with Gasteiger partial charge in [-0.05, 0) is 24.6 Å². The third-order valence-corrected chi connectivity index (χ3v) is 4.46. The van der Waals surface area contributed by atoms with E-state index < -0.39 is 46.6 Å². The molecule has 0 heterocycles. The summed E-state index contributed by atoms with van der Waals surface area (Å²) in [6.45, 7) is -1.90. The number of rotatable bonds is 5. The number of hydrogen-bond acceptors (Lipinski definition) is 3. The molecule has 0 aromatic heterocycles. The first kappa shape index (κ1) is 16.9. The summed E-state index contributed by atoms with van der Waals surface area (Å²) in [7, 11) is -4.54. The van der Waals surface area contributed by atoms with Gasteiger partial charge in [0.15, 0.2) is 0 Å². The quantitative estimate of drug-likeness (QED) is 0.841. The largest absolute Gasteiger partial charge is 0.402 e. The summed E-state index contributed by atoms with van der Waals surface area (Å²) in [4.78, 5) is -0.546. The monoisotopic (exact) mass is 315 g/mol. The van der Waals surface area contributed by atoms with Crippen molar-refractivity contribution in [3.63, 3.8) is 0 Å². The van der Waals surface area contributed by atoms with E-state index in [1.54, 1.807) is 0 Å². The maximum atomic E-state index is 13.1. The summed E-state index contributed by atoms with van der Waals surface area (Å²) in [6, 6.07) is 2.83. The van der Waals surface area contributed by atoms with E-state index in [-0.39, 0.29) is 9.87 Å². The van der Waals surface area contributed by atoms with E-state index in [0.717, 1.165) is 12.1 Å². The number of aliphatic hydroxyl groups is 1. The lowest BCUT2D eigenvalue weighted by Crippen LogP contribution is -2.40. The fourth-order valence-electron chi connectivity index (χ4n) is 1.59. The van der Waals surface area contributed by atoms with Gasteiger partial charge in [-0.1, -0.05) is 6.07 Å². The van der Waals surface area contributed by atoms with Crippen LogP contribution in [-0.2, 0) is 10.0 Å². The Kier molecular flexibility index (Phi) is 5.11. The zero-order valence-corrected chi connectivity index (χ0v) is 11.3. The van der Waals surface area contributed by atoms with Crippen molar-refractivity contribution in [2.45, 2.75) is 18.0 Å². The lowest BCUT2D eigenvalue weighted by molar-refractivity contribution is -0.136. The second-order valence-electron chi connectivity index (χ2n) is 4.09. The molecule has 1 rings (SSSR count). The van der Waals surface area contributed by atoms with Crippen LogP contribution in [0.15, 0.2) is 23.1 Å². The van der Waals surface area contributed by atoms with E-state index in [0.29, 0.717) is 6.07 Å². The van der Waals surface area contributed by atoms with Crippen LogP contribution in [0.3, 0.4) is 0 Å². The zero-order chi connectivity index (χ0) is 15.6. The average molecular weight is 315 g/mol. The van der Waals surface area contributed by atoms with Gasteiger partial charge in [0.2, 0.25) is 10.0 Å². The molecule has 0 aliphatic heterocycles. The first-order valence-electron chi connectivity index (χ1n) is 5.52. The topological polar surface area (TPSA) is 57.6 Å². The molecule has 0 atom stereocenters. The third-order valence-electron chi connectivity index (χ3n) is 2.47. The van der Waals surface area contributed by atoms with Crippen LogP contribution in [0.1, 0.15) is 5.56 Å². The lowest BCUT2D eigenvalue weighted by Gasteiger charge is -2.23. The standard InChI is InChI=1S/C11H13F4NO3S/c1-8-2-3-9(12)6-10(8)20(18,19)16(4-5-17)7-11(13,14)15/h2-3,6,17H,4-5,7H2,1H3. The van der Waals surface area contributed by atoms with Gasteiger partial charge in [0.1, 0.15) is 12.4 Å². The molecule has 0 saturated heterocycles. The number of alkyl halides is 3. The molecule has 0 fully saturated rings. The minimum Gasteiger partial charge on any atom is -0.395 e. The highest BCUT2D eigenvalue weighted by Crippen LogP contribution is 2.25. The molecule has 0 aliphatic carbocycles. The number of aliphatic hydroxyl groups excluding tert-OH is 1. The van der Waals surface area contributed by atoms with Gasteiger partial charge in [-0.15, -0.1) is 0 Å². The Morgan fingerprint density at radius 3 is 2.40 bits per heavy atom. The molecule has 0 bridgehead atoms. The van der Waals surface area contributed by atoms with Crippen LogP contribution < -0.4 is 0 Å². The van der Waals surface area contributed by atoms with E-state index in [9.17, 15) is 26.0 Å². The van der Waals surface area contributed by atoms with Crippen molar-refractivity contribution < 1.29 is 31.1 Å². The smallest absolute Gasteiger partial charge is 0.395 e. The zero-order valence-electron chi connectivity index (χ0n) is 10.5. The second kappa shape index (κ2) is 6.06. The minimum absolute atomic E-state index is 0.0781. The normalized spacial score (nSPS) is 12.9. The van der Waals surface area contributed by atoms with E-state index in [1.807, 2.05) is 0 Å². The van der Waals surface area contributed by atoms with E-state index in [4.69, 9.17) is 5.11 Å². The molecule has 0 saturated carbocycles. The molecule has 0 amide bonds. The molecule has 20 heavy (non-hydrogen) atoms. The van der Waals surface area contributed by atoms with Gasteiger partial charge in [-0.3, -0.25) is 0 Å². The maximum Gasteiger partial charge on any atom is 0.402 e. The summed E-state index contributed by atoms with van der Waals surface area (Å²) in [5.41, 5.74) is 0.122. The van der Waals surface area contributed by atoms with Gasteiger partial charge in [-0.25, -0.2) is 12.8 Å². The molecule has 1 aromatic rings. The molecule has 1 N–H and O–H groups in total. The van der Waals surface area contributed by atoms with Crippen LogP contribution in [-0.4, -0.2) is 43.7 Å². The summed E-state index contributed by atoms with van der Waals surface area (Å²) >= 11 is 0. The predicted octanol–water partition coefficient (Wildman–Crippen LogP) is 1.68. The molecule has 0 spiro atoms. The number of halogens is 4. The first-order chi connectivity index (χ1) is 9.08. The van der Waals surface area contributed by atoms with Crippen molar-refractivity contribution in [2.24, 2.45) is 0 Å². The molecular formula is C11H13F4NO3S. The van der Waals surface area contributed by atoms with Crippen LogP contribution >= 0.6 is 0 Å². The van der Waals surface area contributed by atoms with E-state index in [1.165, 1.54) is 6.92 Å². The van der Waals surface area contributed by atoms with Gasteiger partial charge >= 0.3 is 6.18 Å². The number of nitrogens with zero attached hydrogens (tertiary/aromatic N) is 1. The molecule has 114 valence electrons. The lowest BCUT2D eigenvalue weighted by atomic mass is 10.2. The molecule has 4 nitrogen and oxygen atoms in total. The highest BCUT2D eigenvalue weighted by molar-refractivity contribution is 7.89. The van der Waals surface area contributed by atoms with Gasteiger partial charge in [0.25, 0.3) is 0 Å². The highest BCUT2D eigenvalue weighted by Gasteiger charge is 2.37. The Bertz CT molecular complexity index is 572. The summed E-state index contributed by atoms with van der Waals surface area (Å²) in [5, 5.41) is 8.72. The molecule has 0 radical (unpaired) electrons. The van der Waals surface area contributed by atoms with Crippen molar-refractivity contribution in [1.82, 2.24) is 4.31 Å². The number of aryl methyl sites for hydroxylation is 1. The molecule has 9 heteroatoms. The number of hydrogen-bond donors (Lipinski definition) is 1. The van der Waals surface area contributed by atoms with Gasteiger partial charge in [0, 0.05) is 6.54 Å². The van der Waals surface area contributed by atoms with Crippen molar-refractivity contribution in [3.05, 3.63) is 29.6 Å². The SMILES string of the molecule is Cc1ccc(F)cc1S(=O)(=O)N(CCO)CC(F)(F)F. The summed E-state index contributed by atoms with van der Waals surface area (Å²) in [5.74, 6) is -0.870. The van der Waals surface area contributed by atoms with Gasteiger partial charge < -0.3 is 5.11 Å². The molecular weight excluding hydrogens is 302 g/mol. The van der Waals surface area contributed by atoms with E-state index >= 15 is 0 Å². The maximum absolute atomic E-state index is 13.1. The Labute approximate surface area is 113 Å². The van der Waals surface area contributed by atoms with Crippen LogP contribution in [0.4, 0.5) is 17.6 Å². The van der Waals surface area contributed by atoms with Crippen LogP contribution in [0.2, 0.25) is 0 Å². The van der Waals surface area contributed by atoms with Crippen LogP contribution in [0, 0.1) is 12.7 Å². The highest BCUT2D eigenvalue weighted by atomic mass is 32.2. The van der Waals surface area contributed by atoms with Crippen molar-refractivity contribution in [1.29, 1.82) is 0 Å². The second-order valence-corrected chi connectivity index (χ2v) is 5.99. The Morgan fingerprint density at radius 2 is 1.90 bits per heavy atom. The fourth-order valence-corrected chi connectivity index (χ4v) is 3.24. The Balaban J connectivity index is 3.26. The fraction of sp³-hybridized carbons (Fsp3) is 0.455. The minimum atomic E-state index is -4.76. The van der Waals surface area contributed by atoms with Gasteiger partial charge in [0.05, 0.1) is 11.5 Å². The van der Waals surface area contributed by atoms with Crippen molar-refractivity contribution in [3.8, 4) is 0 Å². The van der Waals surface area contributed by atoms with E-state index in [2.05, 4.69) is 0 Å². The molecule has 1 aromatic carbocycles. The number of benzene rings is 1. The van der Waals surface area contributed by atoms with Crippen LogP contribution in [0.25, 0.3) is 0 Å². The van der Waals surface area contributed by atoms with Crippen LogP contribution in [0.5, 0.6) is 0 Å². The molecule has 0 unspecified atom stereocenters. The summed E-state index contributed by atoms with van der Waals surface area (Å²) in [6.07, 6.45) is -4.76. The third kappa shape index (κ3) is 4.15. The van der Waals surface area contributed by atoms with Crippen molar-refractivity contribution >= 4 is 10.0 Å². The average Bonchev–Trinajstić information content (AvgIpc) is 2.30. The first-order valence-corrected chi connectivity index (χ1v) is 6.96. The number of sulfonamides is 1. The van der Waals surface area contributed by atoms with Gasteiger partial charge in [-0.2, -0.15) is 17.5 Å².